The summed E-state index contributed by atoms with van der Waals surface area (Å²) in [5, 5.41) is 7.34. The second-order valence-corrected chi connectivity index (χ2v) is 10.5. The highest BCUT2D eigenvalue weighted by atomic mass is 32.2. The number of amides is 2. The van der Waals surface area contributed by atoms with E-state index in [1.165, 1.54) is 22.7 Å². The number of nitrogens with one attached hydrogen (secondary N) is 1. The molecule has 0 spiro atoms. The number of fused-ring (bicyclic) bond motifs is 1. The first-order valence-electron chi connectivity index (χ1n) is 13.3. The van der Waals surface area contributed by atoms with Crippen LogP contribution in [0.4, 0.5) is 10.2 Å². The molecular weight excluding hydrogens is 543 g/mol. The molecule has 4 aromatic rings. The van der Waals surface area contributed by atoms with Crippen molar-refractivity contribution in [3.05, 3.63) is 95.8 Å². The molecule has 41 heavy (non-hydrogen) atoms. The number of anilines is 1. The molecule has 0 saturated carbocycles. The first kappa shape index (κ1) is 28.4. The lowest BCUT2D eigenvalue weighted by molar-refractivity contribution is -0.122. The van der Waals surface area contributed by atoms with Crippen LogP contribution in [-0.2, 0) is 14.3 Å². The number of halogens is 1. The van der Waals surface area contributed by atoms with E-state index in [4.69, 9.17) is 14.6 Å². The minimum atomic E-state index is -0.549. The molecule has 0 aliphatic carbocycles. The first-order valence-corrected chi connectivity index (χ1v) is 14.3. The van der Waals surface area contributed by atoms with Gasteiger partial charge in [0.1, 0.15) is 23.9 Å². The van der Waals surface area contributed by atoms with Gasteiger partial charge in [-0.15, -0.1) is 11.8 Å². The van der Waals surface area contributed by atoms with Crippen molar-refractivity contribution in [3.63, 3.8) is 0 Å². The third-order valence-corrected chi connectivity index (χ3v) is 8.03. The summed E-state index contributed by atoms with van der Waals surface area (Å²) < 4.78 is 27.4. The molecule has 1 atom stereocenters. The van der Waals surface area contributed by atoms with E-state index in [2.05, 4.69) is 5.32 Å². The van der Waals surface area contributed by atoms with E-state index in [1.54, 1.807) is 49.2 Å². The summed E-state index contributed by atoms with van der Waals surface area (Å²) in [6, 6.07) is 23.5. The van der Waals surface area contributed by atoms with Crippen molar-refractivity contribution < 1.29 is 23.5 Å². The molecular formula is C31H31FN4O4S. The number of carbonyl (C=O) groups excluding carboxylic acids is 2. The van der Waals surface area contributed by atoms with E-state index < -0.39 is 5.25 Å². The van der Waals surface area contributed by atoms with Crippen LogP contribution in [0.5, 0.6) is 5.75 Å². The molecule has 1 aliphatic heterocycles. The zero-order valence-electron chi connectivity index (χ0n) is 22.9. The van der Waals surface area contributed by atoms with Gasteiger partial charge in [0.25, 0.3) is 0 Å². The highest BCUT2D eigenvalue weighted by Gasteiger charge is 2.38. The van der Waals surface area contributed by atoms with Crippen LogP contribution >= 0.6 is 11.8 Å². The summed E-state index contributed by atoms with van der Waals surface area (Å²) >= 11 is 1.33. The van der Waals surface area contributed by atoms with Crippen LogP contribution in [0.15, 0.2) is 78.9 Å². The van der Waals surface area contributed by atoms with Crippen molar-refractivity contribution in [3.8, 4) is 22.7 Å². The molecule has 1 aromatic heterocycles. The standard InChI is InChI=1S/C31H31FN4O4S/c1-39-18-8-17-33-26(37)19-35-27(38)20-41-30(24-11-6-7-12-25(24)32)28-29(21-9-4-3-5-10-21)34-36(31(28)35)22-13-15-23(40-2)16-14-22/h3-7,9-16,30H,8,17-20H2,1-2H3,(H,33,37)/t30-/m1/s1. The number of rotatable bonds is 10. The minimum Gasteiger partial charge on any atom is -0.497 e. The Labute approximate surface area is 242 Å². The van der Waals surface area contributed by atoms with Crippen molar-refractivity contribution in [2.24, 2.45) is 0 Å². The summed E-state index contributed by atoms with van der Waals surface area (Å²) in [6.45, 7) is 0.722. The number of ether oxygens (including phenoxy) is 2. The Hall–Kier alpha value is -4.15. The number of hydrogen-bond acceptors (Lipinski definition) is 6. The fourth-order valence-corrected chi connectivity index (χ4v) is 6.03. The fraction of sp³-hybridized carbons (Fsp3) is 0.258. The van der Waals surface area contributed by atoms with Crippen LogP contribution in [0.2, 0.25) is 0 Å². The van der Waals surface area contributed by atoms with Gasteiger partial charge in [-0.1, -0.05) is 48.5 Å². The average Bonchev–Trinajstić information content (AvgIpc) is 3.33. The second-order valence-electron chi connectivity index (χ2n) is 9.45. The van der Waals surface area contributed by atoms with Crippen LogP contribution in [0.25, 0.3) is 16.9 Å². The summed E-state index contributed by atoms with van der Waals surface area (Å²) in [4.78, 5) is 28.3. The van der Waals surface area contributed by atoms with Gasteiger partial charge < -0.3 is 14.8 Å². The molecule has 8 nitrogen and oxygen atoms in total. The molecule has 0 radical (unpaired) electrons. The highest BCUT2D eigenvalue weighted by Crippen LogP contribution is 2.49. The zero-order chi connectivity index (χ0) is 28.8. The lowest BCUT2D eigenvalue weighted by Gasteiger charge is -2.23. The number of methoxy groups -OCH3 is 2. The number of aromatic nitrogens is 2. The SMILES string of the molecule is COCCCNC(=O)CN1C(=O)CS[C@H](c2ccccc2F)c2c(-c3ccccc3)nn(-c3ccc(OC)cc3)c21. The van der Waals surface area contributed by atoms with Crippen molar-refractivity contribution in [2.75, 3.05) is 44.6 Å². The molecule has 2 heterocycles. The smallest absolute Gasteiger partial charge is 0.240 e. The van der Waals surface area contributed by atoms with Gasteiger partial charge in [0.05, 0.1) is 29.5 Å². The van der Waals surface area contributed by atoms with Gasteiger partial charge in [0.15, 0.2) is 0 Å². The quantitative estimate of drug-likeness (QED) is 0.268. The molecule has 5 rings (SSSR count). The van der Waals surface area contributed by atoms with Gasteiger partial charge >= 0.3 is 0 Å². The van der Waals surface area contributed by atoms with E-state index in [-0.39, 0.29) is 29.9 Å². The molecule has 10 heteroatoms. The molecule has 212 valence electrons. The molecule has 0 fully saturated rings. The number of carbonyl (C=O) groups is 2. The Balaban J connectivity index is 1.71. The lowest BCUT2D eigenvalue weighted by atomic mass is 9.99. The highest BCUT2D eigenvalue weighted by molar-refractivity contribution is 8.00. The van der Waals surface area contributed by atoms with Crippen molar-refractivity contribution in [2.45, 2.75) is 11.7 Å². The van der Waals surface area contributed by atoms with E-state index in [0.717, 1.165) is 5.56 Å². The predicted octanol–water partition coefficient (Wildman–Crippen LogP) is 5.01. The van der Waals surface area contributed by atoms with Crippen LogP contribution < -0.4 is 15.0 Å². The Morgan fingerprint density at radius 2 is 1.78 bits per heavy atom. The van der Waals surface area contributed by atoms with Gasteiger partial charge in [-0.2, -0.15) is 5.10 Å². The maximum Gasteiger partial charge on any atom is 0.240 e. The van der Waals surface area contributed by atoms with Crippen LogP contribution in [-0.4, -0.2) is 61.3 Å². The third kappa shape index (κ3) is 6.13. The van der Waals surface area contributed by atoms with Gasteiger partial charge in [-0.25, -0.2) is 9.07 Å². The van der Waals surface area contributed by atoms with Gasteiger partial charge in [0.2, 0.25) is 11.8 Å². The summed E-state index contributed by atoms with van der Waals surface area (Å²) in [7, 11) is 3.19. The van der Waals surface area contributed by atoms with Crippen molar-refractivity contribution >= 4 is 29.4 Å². The molecule has 1 N–H and O–H groups in total. The molecule has 0 unspecified atom stereocenters. The Bertz CT molecular complexity index is 1510. The molecule has 0 bridgehead atoms. The normalized spacial score (nSPS) is 14.9. The molecule has 2 amide bonds. The van der Waals surface area contributed by atoms with Crippen LogP contribution in [0.3, 0.4) is 0 Å². The van der Waals surface area contributed by atoms with Gasteiger partial charge in [-0.05, 0) is 36.8 Å². The average molecular weight is 575 g/mol. The topological polar surface area (TPSA) is 85.7 Å². The van der Waals surface area contributed by atoms with Gasteiger partial charge in [-0.3, -0.25) is 14.5 Å². The Morgan fingerprint density at radius 1 is 1.05 bits per heavy atom. The fourth-order valence-electron chi connectivity index (χ4n) is 4.81. The molecule has 0 saturated heterocycles. The number of hydrogen-bond donors (Lipinski definition) is 1. The second kappa shape index (κ2) is 13.0. The van der Waals surface area contributed by atoms with E-state index in [1.807, 2.05) is 42.5 Å². The van der Waals surface area contributed by atoms with Crippen molar-refractivity contribution in [1.29, 1.82) is 0 Å². The van der Waals surface area contributed by atoms with E-state index in [0.29, 0.717) is 53.6 Å². The Morgan fingerprint density at radius 3 is 2.49 bits per heavy atom. The molecule has 3 aromatic carbocycles. The first-order chi connectivity index (χ1) is 20.0. The van der Waals surface area contributed by atoms with Crippen LogP contribution in [0.1, 0.15) is 22.8 Å². The predicted molar refractivity (Wildman–Crippen MR) is 158 cm³/mol. The van der Waals surface area contributed by atoms with Crippen LogP contribution in [0, 0.1) is 5.82 Å². The zero-order valence-corrected chi connectivity index (χ0v) is 23.7. The third-order valence-electron chi connectivity index (χ3n) is 6.79. The van der Waals surface area contributed by atoms with Crippen molar-refractivity contribution in [1.82, 2.24) is 15.1 Å². The summed E-state index contributed by atoms with van der Waals surface area (Å²) in [6.07, 6.45) is 0.647. The summed E-state index contributed by atoms with van der Waals surface area (Å²) in [5.41, 5.74) is 3.21. The van der Waals surface area contributed by atoms with E-state index in [9.17, 15) is 9.59 Å². The maximum atomic E-state index is 15.3. The summed E-state index contributed by atoms with van der Waals surface area (Å²) in [5.74, 6) is 0.211. The largest absolute Gasteiger partial charge is 0.497 e. The Kier molecular flexibility index (Phi) is 9.01. The number of benzene rings is 3. The number of nitrogens with zero attached hydrogens (tertiary/aromatic N) is 3. The monoisotopic (exact) mass is 574 g/mol. The maximum absolute atomic E-state index is 15.3. The minimum absolute atomic E-state index is 0.0570. The van der Waals surface area contributed by atoms with Gasteiger partial charge in [0, 0.05) is 37.0 Å². The lowest BCUT2D eigenvalue weighted by Crippen LogP contribution is -2.42. The number of thioether (sulfide) groups is 1. The molecule has 1 aliphatic rings. The van der Waals surface area contributed by atoms with E-state index >= 15 is 4.39 Å².